The Morgan fingerprint density at radius 2 is 1.80 bits per heavy atom. The summed E-state index contributed by atoms with van der Waals surface area (Å²) in [5.41, 5.74) is -0.150. The van der Waals surface area contributed by atoms with Crippen molar-refractivity contribution in [3.05, 3.63) is 35.9 Å². The average Bonchev–Trinajstić information content (AvgIpc) is 2.14. The first-order valence-electron chi connectivity index (χ1n) is 3.90. The number of ether oxygens (including phenoxy) is 1. The number of rotatable bonds is 2. The summed E-state index contributed by atoms with van der Waals surface area (Å²) in [6.45, 7) is 0. The van der Waals surface area contributed by atoms with E-state index < -0.39 is 17.6 Å². The zero-order valence-corrected chi connectivity index (χ0v) is 8.14. The third-order valence-electron chi connectivity index (χ3n) is 1.61. The largest absolute Gasteiger partial charge is 0.436 e. The summed E-state index contributed by atoms with van der Waals surface area (Å²) in [5.74, 6) is 0. The number of hydrogen-bond donors (Lipinski definition) is 0. The molecule has 0 fully saturated rings. The van der Waals surface area contributed by atoms with Crippen molar-refractivity contribution < 1.29 is 22.7 Å². The molecule has 15 heavy (non-hydrogen) atoms. The summed E-state index contributed by atoms with van der Waals surface area (Å²) in [7, 11) is 0. The van der Waals surface area contributed by atoms with Crippen LogP contribution in [-0.4, -0.2) is 11.5 Å². The minimum absolute atomic E-state index is 0.150. The first kappa shape index (κ1) is 11.8. The van der Waals surface area contributed by atoms with E-state index in [1.165, 1.54) is 24.3 Å². The lowest BCUT2D eigenvalue weighted by Gasteiger charge is -2.19. The van der Waals surface area contributed by atoms with Crippen LogP contribution in [0.1, 0.15) is 11.7 Å². The lowest BCUT2D eigenvalue weighted by molar-refractivity contribution is -0.204. The second kappa shape index (κ2) is 4.48. The summed E-state index contributed by atoms with van der Waals surface area (Å²) >= 11 is 3.96. The van der Waals surface area contributed by atoms with E-state index in [1.807, 2.05) is 0 Å². The fourth-order valence-electron chi connectivity index (χ4n) is 1.05. The van der Waals surface area contributed by atoms with Gasteiger partial charge in [0.25, 0.3) is 0 Å². The highest BCUT2D eigenvalue weighted by molar-refractivity contribution is 7.96. The molecular formula is C9H6F3O2S. The average molecular weight is 235 g/mol. The van der Waals surface area contributed by atoms with Crippen LogP contribution < -0.4 is 0 Å². The first-order valence-corrected chi connectivity index (χ1v) is 4.31. The Labute approximate surface area is 89.5 Å². The van der Waals surface area contributed by atoms with E-state index in [2.05, 4.69) is 17.4 Å². The number of carbonyl (C=O) groups is 1. The number of carbonyl (C=O) groups excluding carboxylic acids is 1. The van der Waals surface area contributed by atoms with Gasteiger partial charge in [-0.25, -0.2) is 4.79 Å². The fraction of sp³-hybridized carbons (Fsp3) is 0.222. The summed E-state index contributed by atoms with van der Waals surface area (Å²) in [4.78, 5) is 10.4. The van der Waals surface area contributed by atoms with Crippen molar-refractivity contribution in [3.63, 3.8) is 0 Å². The number of halogens is 3. The van der Waals surface area contributed by atoms with Gasteiger partial charge in [0.05, 0.1) is 0 Å². The second-order valence-corrected chi connectivity index (χ2v) is 3.03. The van der Waals surface area contributed by atoms with Gasteiger partial charge in [-0.15, -0.1) is 0 Å². The van der Waals surface area contributed by atoms with Gasteiger partial charge in [-0.1, -0.05) is 30.3 Å². The number of benzene rings is 1. The highest BCUT2D eigenvalue weighted by Crippen LogP contribution is 2.36. The monoisotopic (exact) mass is 235 g/mol. The maximum atomic E-state index is 12.4. The van der Waals surface area contributed by atoms with E-state index >= 15 is 0 Å². The summed E-state index contributed by atoms with van der Waals surface area (Å²) in [5, 5.41) is -1.37. The topological polar surface area (TPSA) is 26.3 Å². The predicted octanol–water partition coefficient (Wildman–Crippen LogP) is 3.62. The fourth-order valence-corrected chi connectivity index (χ4v) is 1.14. The molecular weight excluding hydrogens is 229 g/mol. The van der Waals surface area contributed by atoms with Crippen LogP contribution in [0.3, 0.4) is 0 Å². The Bertz CT molecular complexity index is 337. The molecule has 0 spiro atoms. The van der Waals surface area contributed by atoms with Crippen LogP contribution in [0, 0.1) is 0 Å². The van der Waals surface area contributed by atoms with Crippen molar-refractivity contribution in [3.8, 4) is 0 Å². The molecule has 0 aliphatic carbocycles. The highest BCUT2D eigenvalue weighted by Gasteiger charge is 2.43. The van der Waals surface area contributed by atoms with Crippen molar-refractivity contribution in [1.82, 2.24) is 0 Å². The van der Waals surface area contributed by atoms with Crippen molar-refractivity contribution >= 4 is 17.9 Å². The molecule has 0 saturated heterocycles. The Hall–Kier alpha value is -1.30. The quantitative estimate of drug-likeness (QED) is 0.732. The van der Waals surface area contributed by atoms with Gasteiger partial charge in [-0.2, -0.15) is 13.2 Å². The maximum absolute atomic E-state index is 12.4. The van der Waals surface area contributed by atoms with Crippen LogP contribution in [0.2, 0.25) is 0 Å². The number of alkyl halides is 3. The minimum Gasteiger partial charge on any atom is -0.436 e. The summed E-state index contributed by atoms with van der Waals surface area (Å²) in [6, 6.07) is 6.84. The van der Waals surface area contributed by atoms with E-state index in [1.54, 1.807) is 6.07 Å². The van der Waals surface area contributed by atoms with Gasteiger partial charge < -0.3 is 4.74 Å². The molecule has 6 heteroatoms. The Morgan fingerprint density at radius 1 is 1.27 bits per heavy atom. The lowest BCUT2D eigenvalue weighted by atomic mass is 10.1. The number of hydrogen-bond acceptors (Lipinski definition) is 2. The first-order chi connectivity index (χ1) is 6.91. The Morgan fingerprint density at radius 3 is 2.20 bits per heavy atom. The van der Waals surface area contributed by atoms with Crippen LogP contribution in [0.15, 0.2) is 30.3 Å². The SMILES string of the molecule is O=C([S])OC(c1ccccc1)C(F)(F)F. The van der Waals surface area contributed by atoms with Crippen LogP contribution >= 0.6 is 12.6 Å². The van der Waals surface area contributed by atoms with Gasteiger partial charge in [0.2, 0.25) is 6.10 Å². The molecule has 1 atom stereocenters. The Balaban J connectivity index is 2.97. The summed E-state index contributed by atoms with van der Waals surface area (Å²) < 4.78 is 41.4. The van der Waals surface area contributed by atoms with E-state index in [0.717, 1.165) is 0 Å². The molecule has 0 N–H and O–H groups in total. The standard InChI is InChI=1S/C9H6F3O2S/c10-9(11,12)7(14-8(13)15)6-4-2-1-3-5-6/h1-5,7H. The maximum Gasteiger partial charge on any atom is 0.429 e. The smallest absolute Gasteiger partial charge is 0.429 e. The second-order valence-electron chi connectivity index (χ2n) is 2.70. The van der Waals surface area contributed by atoms with Crippen LogP contribution in [0.25, 0.3) is 0 Å². The molecule has 0 saturated carbocycles. The summed E-state index contributed by atoms with van der Waals surface area (Å²) in [6.07, 6.45) is -6.95. The molecule has 1 rings (SSSR count). The van der Waals surface area contributed by atoms with Crippen molar-refractivity contribution in [2.24, 2.45) is 0 Å². The molecule has 0 heterocycles. The van der Waals surface area contributed by atoms with E-state index in [9.17, 15) is 18.0 Å². The van der Waals surface area contributed by atoms with Crippen molar-refractivity contribution in [2.75, 3.05) is 0 Å². The van der Waals surface area contributed by atoms with Crippen LogP contribution in [0.5, 0.6) is 0 Å². The lowest BCUT2D eigenvalue weighted by Crippen LogP contribution is -2.24. The van der Waals surface area contributed by atoms with E-state index in [0.29, 0.717) is 0 Å². The third kappa shape index (κ3) is 3.39. The van der Waals surface area contributed by atoms with Gasteiger partial charge in [-0.3, -0.25) is 0 Å². The molecule has 0 bridgehead atoms. The van der Waals surface area contributed by atoms with E-state index in [-0.39, 0.29) is 5.56 Å². The Kier molecular flexibility index (Phi) is 3.52. The molecule has 0 amide bonds. The van der Waals surface area contributed by atoms with E-state index in [4.69, 9.17) is 0 Å². The van der Waals surface area contributed by atoms with Gasteiger partial charge in [0, 0.05) is 18.2 Å². The molecule has 1 radical (unpaired) electrons. The zero-order valence-electron chi connectivity index (χ0n) is 7.32. The molecule has 1 aromatic carbocycles. The highest BCUT2D eigenvalue weighted by atomic mass is 32.1. The van der Waals surface area contributed by atoms with Gasteiger partial charge in [0.15, 0.2) is 0 Å². The molecule has 0 aromatic heterocycles. The molecule has 2 nitrogen and oxygen atoms in total. The van der Waals surface area contributed by atoms with Crippen LogP contribution in [-0.2, 0) is 4.74 Å². The molecule has 1 unspecified atom stereocenters. The molecule has 0 aliphatic rings. The molecule has 1 aromatic rings. The van der Waals surface area contributed by atoms with Crippen molar-refractivity contribution in [2.45, 2.75) is 12.3 Å². The predicted molar refractivity (Wildman–Crippen MR) is 49.3 cm³/mol. The van der Waals surface area contributed by atoms with Gasteiger partial charge in [0.1, 0.15) is 0 Å². The minimum atomic E-state index is -4.66. The molecule has 81 valence electrons. The van der Waals surface area contributed by atoms with Crippen molar-refractivity contribution in [1.29, 1.82) is 0 Å². The van der Waals surface area contributed by atoms with Gasteiger partial charge >= 0.3 is 11.5 Å². The third-order valence-corrected chi connectivity index (χ3v) is 1.71. The van der Waals surface area contributed by atoms with Crippen LogP contribution in [0.4, 0.5) is 18.0 Å². The molecule has 0 aliphatic heterocycles. The normalized spacial score (nSPS) is 13.3. The zero-order chi connectivity index (χ0) is 11.5. The van der Waals surface area contributed by atoms with Gasteiger partial charge in [-0.05, 0) is 0 Å².